The molecule has 17 heavy (non-hydrogen) atoms. The van der Waals surface area contributed by atoms with Gasteiger partial charge in [0.25, 0.3) is 0 Å². The van der Waals surface area contributed by atoms with Gasteiger partial charge in [0.1, 0.15) is 0 Å². The molecule has 0 aromatic heterocycles. The quantitative estimate of drug-likeness (QED) is 0.419. The molecule has 0 saturated heterocycles. The molecule has 0 radical (unpaired) electrons. The lowest BCUT2D eigenvalue weighted by atomic mass is 10.1. The van der Waals surface area contributed by atoms with Gasteiger partial charge in [-0.2, -0.15) is 4.90 Å². The van der Waals surface area contributed by atoms with Crippen LogP contribution in [0, 0.1) is 0 Å². The monoisotopic (exact) mass is 263 g/mol. The van der Waals surface area contributed by atoms with Gasteiger partial charge in [-0.15, -0.1) is 0 Å². The number of imide groups is 3. The van der Waals surface area contributed by atoms with E-state index in [4.69, 9.17) is 11.6 Å². The van der Waals surface area contributed by atoms with Crippen molar-refractivity contribution in [1.29, 1.82) is 0 Å². The molecule has 0 N–H and O–H groups in total. The third kappa shape index (κ3) is 6.26. The molecule has 0 aliphatic rings. The highest BCUT2D eigenvalue weighted by atomic mass is 35.5. The molecule has 0 bridgehead atoms. The van der Waals surface area contributed by atoms with E-state index in [0.717, 1.165) is 32.8 Å². The summed E-state index contributed by atoms with van der Waals surface area (Å²) in [6.07, 6.45) is 3.88. The number of unbranched alkanes of at least 4 members (excludes halogenated alkanes) is 4. The van der Waals surface area contributed by atoms with Crippen LogP contribution in [0.3, 0.4) is 0 Å². The zero-order valence-corrected chi connectivity index (χ0v) is 11.0. The van der Waals surface area contributed by atoms with Crippen LogP contribution < -0.4 is 0 Å². The van der Waals surface area contributed by atoms with E-state index in [9.17, 15) is 14.4 Å². The molecule has 3 amide bonds. The van der Waals surface area contributed by atoms with Crippen LogP contribution in [0.5, 0.6) is 0 Å². The third-order valence-corrected chi connectivity index (χ3v) is 2.45. The van der Waals surface area contributed by atoms with Crippen LogP contribution in [0.1, 0.15) is 45.4 Å². The Morgan fingerprint density at radius 2 is 1.71 bits per heavy atom. The fraction of sp³-hybridized carbons (Fsp3) is 0.727. The summed E-state index contributed by atoms with van der Waals surface area (Å²) in [4.78, 5) is 33.9. The lowest BCUT2D eigenvalue weighted by Gasteiger charge is -2.13. The van der Waals surface area contributed by atoms with Gasteiger partial charge in [-0.05, 0) is 18.0 Å². The van der Waals surface area contributed by atoms with E-state index in [-0.39, 0.29) is 6.42 Å². The molecule has 0 atom stereocenters. The average molecular weight is 264 g/mol. The molecule has 0 aromatic carbocycles. The molecular formula is C11H18ClNO4. The van der Waals surface area contributed by atoms with Crippen molar-refractivity contribution in [2.45, 2.75) is 45.4 Å². The largest absolute Gasteiger partial charge is 0.452 e. The molecule has 0 aliphatic carbocycles. The van der Waals surface area contributed by atoms with Crippen molar-refractivity contribution in [2.24, 2.45) is 0 Å². The normalized spacial score (nSPS) is 9.82. The number of hydrogen-bond acceptors (Lipinski definition) is 4. The van der Waals surface area contributed by atoms with Crippen LogP contribution in [0.4, 0.5) is 9.59 Å². The first-order valence-electron chi connectivity index (χ1n) is 5.65. The maximum Gasteiger partial charge on any atom is 0.424 e. The fourth-order valence-corrected chi connectivity index (χ4v) is 1.52. The lowest BCUT2D eigenvalue weighted by Crippen LogP contribution is -2.38. The number of rotatable bonds is 6. The van der Waals surface area contributed by atoms with E-state index in [1.165, 1.54) is 0 Å². The minimum atomic E-state index is -1.13. The van der Waals surface area contributed by atoms with Crippen LogP contribution in [0.2, 0.25) is 0 Å². The van der Waals surface area contributed by atoms with Gasteiger partial charge in [0.2, 0.25) is 5.91 Å². The lowest BCUT2D eigenvalue weighted by molar-refractivity contribution is -0.126. The molecule has 0 unspecified atom stereocenters. The number of ether oxygens (including phenoxy) is 1. The van der Waals surface area contributed by atoms with Crippen LogP contribution in [-0.2, 0) is 9.53 Å². The van der Waals surface area contributed by atoms with Gasteiger partial charge < -0.3 is 4.74 Å². The molecule has 0 fully saturated rings. The first-order chi connectivity index (χ1) is 8.04. The summed E-state index contributed by atoms with van der Waals surface area (Å²) in [5.41, 5.74) is 0. The molecule has 98 valence electrons. The van der Waals surface area contributed by atoms with E-state index in [2.05, 4.69) is 11.7 Å². The van der Waals surface area contributed by atoms with Gasteiger partial charge in [-0.25, -0.2) is 4.79 Å². The average Bonchev–Trinajstić information content (AvgIpc) is 2.28. The third-order valence-electron chi connectivity index (χ3n) is 2.28. The Kier molecular flexibility index (Phi) is 8.40. The van der Waals surface area contributed by atoms with E-state index in [0.29, 0.717) is 11.3 Å². The maximum absolute atomic E-state index is 11.5. The number of nitrogens with zero attached hydrogens (tertiary/aromatic N) is 1. The van der Waals surface area contributed by atoms with Gasteiger partial charge in [0.15, 0.2) is 0 Å². The van der Waals surface area contributed by atoms with Crippen molar-refractivity contribution >= 4 is 29.0 Å². The minimum Gasteiger partial charge on any atom is -0.452 e. The van der Waals surface area contributed by atoms with Crippen LogP contribution in [-0.4, -0.2) is 29.4 Å². The highest BCUT2D eigenvalue weighted by Crippen LogP contribution is 2.09. The van der Waals surface area contributed by atoms with Crippen LogP contribution in [0.15, 0.2) is 0 Å². The van der Waals surface area contributed by atoms with Gasteiger partial charge in [-0.1, -0.05) is 32.6 Å². The second kappa shape index (κ2) is 8.98. The summed E-state index contributed by atoms with van der Waals surface area (Å²) >= 11 is 5.14. The van der Waals surface area contributed by atoms with Crippen molar-refractivity contribution in [2.75, 3.05) is 7.11 Å². The van der Waals surface area contributed by atoms with Gasteiger partial charge in [0, 0.05) is 6.42 Å². The number of hydrogen-bond donors (Lipinski definition) is 0. The Morgan fingerprint density at radius 3 is 2.18 bits per heavy atom. The zero-order valence-electron chi connectivity index (χ0n) is 10.2. The van der Waals surface area contributed by atoms with Crippen LogP contribution in [0.25, 0.3) is 0 Å². The second-order valence-corrected chi connectivity index (χ2v) is 3.94. The highest BCUT2D eigenvalue weighted by Gasteiger charge is 2.27. The van der Waals surface area contributed by atoms with Crippen molar-refractivity contribution in [3.05, 3.63) is 0 Å². The predicted octanol–water partition coefficient (Wildman–Crippen LogP) is 3.30. The summed E-state index contributed by atoms with van der Waals surface area (Å²) in [5, 5.41) is -1.13. The van der Waals surface area contributed by atoms with Crippen molar-refractivity contribution in [3.8, 4) is 0 Å². The number of amides is 3. The Hall–Kier alpha value is -1.10. The van der Waals surface area contributed by atoms with Crippen molar-refractivity contribution in [3.63, 3.8) is 0 Å². The second-order valence-electron chi connectivity index (χ2n) is 3.62. The summed E-state index contributed by atoms with van der Waals surface area (Å²) in [6.45, 7) is 2.09. The molecule has 0 saturated carbocycles. The Morgan fingerprint density at radius 1 is 1.12 bits per heavy atom. The molecule has 0 spiro atoms. The van der Waals surface area contributed by atoms with Gasteiger partial charge in [-0.3, -0.25) is 9.59 Å². The number of halogens is 1. The molecule has 0 aliphatic heterocycles. The molecule has 0 rings (SSSR count). The topological polar surface area (TPSA) is 63.7 Å². The van der Waals surface area contributed by atoms with E-state index in [1.807, 2.05) is 0 Å². The first-order valence-corrected chi connectivity index (χ1v) is 6.02. The molecule has 5 nitrogen and oxygen atoms in total. The molecule has 6 heteroatoms. The summed E-state index contributed by atoms with van der Waals surface area (Å²) in [6, 6.07) is 0. The van der Waals surface area contributed by atoms with Crippen molar-refractivity contribution < 1.29 is 19.1 Å². The summed E-state index contributed by atoms with van der Waals surface area (Å²) in [5.74, 6) is -0.617. The number of carbonyl (C=O) groups excluding carboxylic acids is 3. The van der Waals surface area contributed by atoms with E-state index in [1.54, 1.807) is 0 Å². The standard InChI is InChI=1S/C11H18ClNO4/c1-3-4-5-6-7-8-9(14)13(10(12)15)11(16)17-2/h3-8H2,1-2H3. The molecule has 0 heterocycles. The Bertz CT molecular complexity index is 281. The van der Waals surface area contributed by atoms with Crippen molar-refractivity contribution in [1.82, 2.24) is 4.90 Å². The van der Waals surface area contributed by atoms with E-state index >= 15 is 0 Å². The summed E-state index contributed by atoms with van der Waals surface area (Å²) in [7, 11) is 1.09. The fourth-order valence-electron chi connectivity index (χ4n) is 1.35. The maximum atomic E-state index is 11.5. The first kappa shape index (κ1) is 15.9. The molecule has 0 aromatic rings. The number of methoxy groups -OCH3 is 1. The number of carbonyl (C=O) groups is 3. The zero-order chi connectivity index (χ0) is 13.3. The van der Waals surface area contributed by atoms with E-state index < -0.39 is 17.4 Å². The smallest absolute Gasteiger partial charge is 0.424 e. The predicted molar refractivity (Wildman–Crippen MR) is 63.9 cm³/mol. The van der Waals surface area contributed by atoms with Gasteiger partial charge >= 0.3 is 11.5 Å². The Balaban J connectivity index is 4.08. The Labute approximate surface area is 106 Å². The van der Waals surface area contributed by atoms with Crippen LogP contribution >= 0.6 is 11.6 Å². The molecular weight excluding hydrogens is 246 g/mol. The summed E-state index contributed by atoms with van der Waals surface area (Å²) < 4.78 is 4.30. The van der Waals surface area contributed by atoms with Gasteiger partial charge in [0.05, 0.1) is 7.11 Å². The highest BCUT2D eigenvalue weighted by molar-refractivity contribution is 6.65. The minimum absolute atomic E-state index is 0.122. The SMILES string of the molecule is CCCCCCCC(=O)N(C(=O)Cl)C(=O)OC.